The molecule has 1 aliphatic heterocycles. The van der Waals surface area contributed by atoms with Crippen molar-refractivity contribution in [1.29, 1.82) is 0 Å². The van der Waals surface area contributed by atoms with Gasteiger partial charge in [0.2, 0.25) is 0 Å². The lowest BCUT2D eigenvalue weighted by Crippen LogP contribution is -2.37. The number of nitrogens with zero attached hydrogens (tertiary/aromatic N) is 4. The molecule has 0 amide bonds. The molecule has 0 radical (unpaired) electrons. The Morgan fingerprint density at radius 2 is 1.79 bits per heavy atom. The van der Waals surface area contributed by atoms with Crippen molar-refractivity contribution in [3.05, 3.63) is 102 Å². The van der Waals surface area contributed by atoms with Crippen LogP contribution in [0.5, 0.6) is 0 Å². The highest BCUT2D eigenvalue weighted by molar-refractivity contribution is 6.08. The molecule has 0 saturated carbocycles. The molecule has 0 atom stereocenters. The predicted molar refractivity (Wildman–Crippen MR) is 148 cm³/mol. The summed E-state index contributed by atoms with van der Waals surface area (Å²) in [5.41, 5.74) is 4.00. The Morgan fingerprint density at radius 3 is 2.49 bits per heavy atom. The van der Waals surface area contributed by atoms with Crippen molar-refractivity contribution in [2.75, 3.05) is 46.4 Å². The molecule has 0 aliphatic carbocycles. The van der Waals surface area contributed by atoms with E-state index in [0.717, 1.165) is 80.3 Å². The Hall–Kier alpha value is -3.82. The Labute approximate surface area is 227 Å². The first-order valence-electron chi connectivity index (χ1n) is 12.9. The van der Waals surface area contributed by atoms with E-state index >= 15 is 0 Å². The highest BCUT2D eigenvalue weighted by atomic mass is 19.2. The third kappa shape index (κ3) is 7.84. The lowest BCUT2D eigenvalue weighted by molar-refractivity contribution is 0.0376. The summed E-state index contributed by atoms with van der Waals surface area (Å²) in [4.78, 5) is 15.5. The molecule has 1 saturated heterocycles. The number of morpholine rings is 1. The van der Waals surface area contributed by atoms with Gasteiger partial charge in [-0.3, -0.25) is 9.89 Å². The second-order valence-electron chi connectivity index (χ2n) is 9.18. The monoisotopic (exact) mass is 535 g/mol. The summed E-state index contributed by atoms with van der Waals surface area (Å²) in [5, 5.41) is 3.35. The number of aromatic nitrogens is 2. The van der Waals surface area contributed by atoms with Gasteiger partial charge in [0, 0.05) is 61.5 Å². The molecule has 0 unspecified atom stereocenters. The second-order valence-corrected chi connectivity index (χ2v) is 9.18. The first kappa shape index (κ1) is 28.2. The zero-order valence-electron chi connectivity index (χ0n) is 22.0. The summed E-state index contributed by atoms with van der Waals surface area (Å²) in [6, 6.07) is 9.67. The van der Waals surface area contributed by atoms with Crippen molar-refractivity contribution in [1.82, 2.24) is 20.2 Å². The summed E-state index contributed by atoms with van der Waals surface area (Å²) in [7, 11) is 1.51. The van der Waals surface area contributed by atoms with E-state index in [9.17, 15) is 13.2 Å². The highest BCUT2D eigenvalue weighted by Gasteiger charge is 2.13. The molecule has 6 nitrogen and oxygen atoms in total. The maximum absolute atomic E-state index is 13.6. The minimum atomic E-state index is -1.50. The van der Waals surface area contributed by atoms with E-state index in [1.165, 1.54) is 7.05 Å². The fourth-order valence-corrected chi connectivity index (χ4v) is 4.25. The highest BCUT2D eigenvalue weighted by Crippen LogP contribution is 2.19. The van der Waals surface area contributed by atoms with Crippen molar-refractivity contribution in [2.24, 2.45) is 4.99 Å². The third-order valence-corrected chi connectivity index (χ3v) is 6.43. The molecule has 1 aromatic heterocycles. The van der Waals surface area contributed by atoms with Crippen molar-refractivity contribution in [2.45, 2.75) is 12.8 Å². The van der Waals surface area contributed by atoms with Gasteiger partial charge in [-0.05, 0) is 49.2 Å². The quantitative estimate of drug-likeness (QED) is 0.211. The van der Waals surface area contributed by atoms with Gasteiger partial charge in [-0.2, -0.15) is 0 Å². The zero-order chi connectivity index (χ0) is 27.6. The molecule has 0 bridgehead atoms. The van der Waals surface area contributed by atoms with Crippen LogP contribution in [0.1, 0.15) is 23.1 Å². The Balaban J connectivity index is 1.32. The summed E-state index contributed by atoms with van der Waals surface area (Å²) in [6.45, 7) is 9.55. The molecule has 1 aliphatic rings. The van der Waals surface area contributed by atoms with Crippen LogP contribution in [0.2, 0.25) is 0 Å². The van der Waals surface area contributed by atoms with Crippen LogP contribution >= 0.6 is 0 Å². The number of hydrogen-bond donors (Lipinski definition) is 1. The molecular weight excluding hydrogens is 503 g/mol. The standard InChI is InChI=1S/C30H32F3N5O/c1-21(35-10-5-11-38-12-14-39-15-13-38)25-19-36-30(37-20-25)23-8-3-6-22(16-23)7-4-9-28(34-2)24-17-26(31)29(33)27(32)18-24/h3-4,6,8-9,16-20,35H,1,5,7,10-15H2,2H3/b9-4-,34-28?. The Morgan fingerprint density at radius 1 is 1.08 bits per heavy atom. The van der Waals surface area contributed by atoms with Crippen molar-refractivity contribution >= 4 is 11.4 Å². The molecule has 1 fully saturated rings. The molecule has 204 valence electrons. The van der Waals surface area contributed by atoms with Gasteiger partial charge in [0.1, 0.15) is 0 Å². The first-order valence-corrected chi connectivity index (χ1v) is 12.9. The normalized spacial score (nSPS) is 14.6. The molecule has 39 heavy (non-hydrogen) atoms. The van der Waals surface area contributed by atoms with Crippen LogP contribution in [-0.4, -0.2) is 67.0 Å². The zero-order valence-corrected chi connectivity index (χ0v) is 22.0. The number of rotatable bonds is 11. The third-order valence-electron chi connectivity index (χ3n) is 6.43. The van der Waals surface area contributed by atoms with Crippen molar-refractivity contribution in [3.63, 3.8) is 0 Å². The van der Waals surface area contributed by atoms with Crippen LogP contribution in [0.4, 0.5) is 13.2 Å². The second kappa shape index (κ2) is 13.8. The first-order chi connectivity index (χ1) is 18.9. The molecule has 2 heterocycles. The van der Waals surface area contributed by atoms with Crippen LogP contribution in [-0.2, 0) is 11.2 Å². The minimum Gasteiger partial charge on any atom is -0.385 e. The maximum Gasteiger partial charge on any atom is 0.194 e. The van der Waals surface area contributed by atoms with Crippen molar-refractivity contribution in [3.8, 4) is 11.4 Å². The van der Waals surface area contributed by atoms with E-state index in [4.69, 9.17) is 4.74 Å². The average Bonchev–Trinajstić information content (AvgIpc) is 2.97. The molecule has 9 heteroatoms. The smallest absolute Gasteiger partial charge is 0.194 e. The van der Waals surface area contributed by atoms with Gasteiger partial charge in [-0.1, -0.05) is 30.9 Å². The number of allylic oxidation sites excluding steroid dienone is 2. The molecule has 4 rings (SSSR count). The van der Waals surface area contributed by atoms with Crippen LogP contribution in [0.15, 0.2) is 72.5 Å². The number of benzene rings is 2. The summed E-state index contributed by atoms with van der Waals surface area (Å²) < 4.78 is 45.9. The molecule has 0 spiro atoms. The largest absolute Gasteiger partial charge is 0.385 e. The number of aliphatic imine (C=N–C) groups is 1. The van der Waals surface area contributed by atoms with Gasteiger partial charge in [-0.15, -0.1) is 0 Å². The van der Waals surface area contributed by atoms with Gasteiger partial charge in [0.25, 0.3) is 0 Å². The number of nitrogens with one attached hydrogen (secondary N) is 1. The van der Waals surface area contributed by atoms with Gasteiger partial charge in [0.15, 0.2) is 23.3 Å². The SMILES string of the molecule is C=C(NCCCN1CCOCC1)c1cnc(-c2cccc(C/C=C\C(=NC)c3cc(F)c(F)c(F)c3)c2)nc1. The minimum absolute atomic E-state index is 0.167. The summed E-state index contributed by atoms with van der Waals surface area (Å²) >= 11 is 0. The number of ether oxygens (including phenoxy) is 1. The molecule has 2 aromatic carbocycles. The van der Waals surface area contributed by atoms with Crippen LogP contribution < -0.4 is 5.32 Å². The fraction of sp³-hybridized carbons (Fsp3) is 0.300. The van der Waals surface area contributed by atoms with Crippen LogP contribution in [0.25, 0.3) is 17.1 Å². The summed E-state index contributed by atoms with van der Waals surface area (Å²) in [6.07, 6.45) is 8.57. The lowest BCUT2D eigenvalue weighted by atomic mass is 10.1. The molecule has 1 N–H and O–H groups in total. The van der Waals surface area contributed by atoms with Gasteiger partial charge in [0.05, 0.1) is 18.9 Å². The number of halogens is 3. The lowest BCUT2D eigenvalue weighted by Gasteiger charge is -2.26. The van der Waals surface area contributed by atoms with Crippen LogP contribution in [0, 0.1) is 17.5 Å². The van der Waals surface area contributed by atoms with Gasteiger partial charge >= 0.3 is 0 Å². The van der Waals surface area contributed by atoms with E-state index in [-0.39, 0.29) is 5.56 Å². The van der Waals surface area contributed by atoms with Gasteiger partial charge < -0.3 is 10.1 Å². The van der Waals surface area contributed by atoms with E-state index in [1.807, 2.05) is 30.3 Å². The number of hydrogen-bond acceptors (Lipinski definition) is 6. The average molecular weight is 536 g/mol. The molecular formula is C30H32F3N5O. The topological polar surface area (TPSA) is 62.6 Å². The van der Waals surface area contributed by atoms with Gasteiger partial charge in [-0.25, -0.2) is 23.1 Å². The van der Waals surface area contributed by atoms with E-state index in [2.05, 4.69) is 31.8 Å². The predicted octanol–water partition coefficient (Wildman–Crippen LogP) is 5.06. The fourth-order valence-electron chi connectivity index (χ4n) is 4.25. The van der Waals surface area contributed by atoms with E-state index in [1.54, 1.807) is 18.5 Å². The Kier molecular flexibility index (Phi) is 9.99. The van der Waals surface area contributed by atoms with E-state index < -0.39 is 17.5 Å². The maximum atomic E-state index is 13.6. The van der Waals surface area contributed by atoms with Crippen molar-refractivity contribution < 1.29 is 17.9 Å². The van der Waals surface area contributed by atoms with E-state index in [0.29, 0.717) is 18.0 Å². The molecule has 3 aromatic rings. The summed E-state index contributed by atoms with van der Waals surface area (Å²) in [5.74, 6) is -3.40. The van der Waals surface area contributed by atoms with Crippen LogP contribution in [0.3, 0.4) is 0 Å². The Bertz CT molecular complexity index is 1310.